The monoisotopic (exact) mass is 408 g/mol. The lowest BCUT2D eigenvalue weighted by Gasteiger charge is -2.36. The van der Waals surface area contributed by atoms with Crippen molar-refractivity contribution in [3.63, 3.8) is 0 Å². The second kappa shape index (κ2) is 7.67. The number of aliphatic carboxylic acids is 2. The Morgan fingerprint density at radius 1 is 0.767 bits per heavy atom. The van der Waals surface area contributed by atoms with Gasteiger partial charge in [-0.15, -0.1) is 0 Å². The van der Waals surface area contributed by atoms with Crippen LogP contribution in [-0.2, 0) is 15.0 Å². The van der Waals surface area contributed by atoms with Crippen molar-refractivity contribution in [2.24, 2.45) is 0 Å². The van der Waals surface area contributed by atoms with Gasteiger partial charge in [0.1, 0.15) is 5.41 Å². The molecule has 0 aromatic heterocycles. The lowest BCUT2D eigenvalue weighted by molar-refractivity contribution is -0.141. The van der Waals surface area contributed by atoms with E-state index in [0.717, 1.165) is 6.07 Å². The average molecular weight is 408 g/mol. The van der Waals surface area contributed by atoms with Crippen molar-refractivity contribution in [1.29, 1.82) is 0 Å². The van der Waals surface area contributed by atoms with Crippen LogP contribution in [0.15, 0.2) is 66.3 Å². The fraction of sp³-hybridized carbons (Fsp3) is 0.0909. The molecule has 8 nitrogen and oxygen atoms in total. The quantitative estimate of drug-likeness (QED) is 0.570. The highest BCUT2D eigenvalue weighted by Crippen LogP contribution is 2.47. The second-order valence-electron chi connectivity index (χ2n) is 6.70. The number of rotatable bonds is 6. The Bertz CT molecular complexity index is 1130. The van der Waals surface area contributed by atoms with Gasteiger partial charge in [0.25, 0.3) is 0 Å². The number of carboxylic acid groups (broad SMARTS) is 4. The largest absolute Gasteiger partial charge is 0.480 e. The van der Waals surface area contributed by atoms with Crippen molar-refractivity contribution in [3.05, 3.63) is 88.5 Å². The Morgan fingerprint density at radius 3 is 1.97 bits per heavy atom. The maximum absolute atomic E-state index is 12.6. The van der Waals surface area contributed by atoms with Gasteiger partial charge in [-0.1, -0.05) is 48.6 Å². The molecule has 8 heteroatoms. The summed E-state index contributed by atoms with van der Waals surface area (Å²) in [6, 6.07) is 11.3. The van der Waals surface area contributed by atoms with E-state index in [4.69, 9.17) is 0 Å². The molecule has 4 N–H and O–H groups in total. The Morgan fingerprint density at radius 2 is 1.43 bits per heavy atom. The molecule has 152 valence electrons. The summed E-state index contributed by atoms with van der Waals surface area (Å²) in [6.07, 6.45) is 2.10. The SMILES string of the molecule is O=C(O)C1=CC=C(c2ccc(C(=O)O)cc2C(=O)O)C(C(=O)O)(c2ccccc2)C1. The molecule has 0 radical (unpaired) electrons. The molecule has 0 aliphatic heterocycles. The Hall–Kier alpha value is -4.20. The summed E-state index contributed by atoms with van der Waals surface area (Å²) >= 11 is 0. The number of hydrogen-bond acceptors (Lipinski definition) is 4. The molecule has 3 rings (SSSR count). The van der Waals surface area contributed by atoms with Crippen LogP contribution in [0.4, 0.5) is 0 Å². The first-order valence-electron chi connectivity index (χ1n) is 8.73. The fourth-order valence-corrected chi connectivity index (χ4v) is 3.62. The van der Waals surface area contributed by atoms with Gasteiger partial charge in [-0.2, -0.15) is 0 Å². The van der Waals surface area contributed by atoms with Gasteiger partial charge < -0.3 is 20.4 Å². The molecular weight excluding hydrogens is 392 g/mol. The van der Waals surface area contributed by atoms with Crippen molar-refractivity contribution >= 4 is 29.5 Å². The van der Waals surface area contributed by atoms with Gasteiger partial charge in [0.2, 0.25) is 0 Å². The molecule has 0 saturated heterocycles. The van der Waals surface area contributed by atoms with Crippen LogP contribution in [0, 0.1) is 0 Å². The maximum atomic E-state index is 12.6. The van der Waals surface area contributed by atoms with Crippen LogP contribution >= 0.6 is 0 Å². The number of carbonyl (C=O) groups is 4. The summed E-state index contributed by atoms with van der Waals surface area (Å²) in [4.78, 5) is 47.3. The van der Waals surface area contributed by atoms with Gasteiger partial charge >= 0.3 is 23.9 Å². The highest BCUT2D eigenvalue weighted by atomic mass is 16.4. The molecule has 0 saturated carbocycles. The van der Waals surface area contributed by atoms with E-state index in [1.807, 2.05) is 0 Å². The summed E-state index contributed by atoms with van der Waals surface area (Å²) in [5.41, 5.74) is -2.36. The molecule has 0 spiro atoms. The smallest absolute Gasteiger partial charge is 0.336 e. The van der Waals surface area contributed by atoms with Gasteiger partial charge in [0, 0.05) is 12.0 Å². The summed E-state index contributed by atoms with van der Waals surface area (Å²) in [5, 5.41) is 38.5. The standard InChI is InChI=1S/C22H16O8/c23-18(24)12-6-8-15(16(10-12)20(27)28)17-9-7-13(19(25)26)11-22(17,21(29)30)14-4-2-1-3-5-14/h1-10H,11H2,(H,23,24)(H,25,26)(H,27,28)(H,29,30). The number of benzene rings is 2. The van der Waals surface area contributed by atoms with Gasteiger partial charge in [-0.25, -0.2) is 14.4 Å². The van der Waals surface area contributed by atoms with Crippen LogP contribution in [0.5, 0.6) is 0 Å². The molecule has 30 heavy (non-hydrogen) atoms. The average Bonchev–Trinajstić information content (AvgIpc) is 2.73. The Balaban J connectivity index is 2.37. The molecular formula is C22H16O8. The third kappa shape index (κ3) is 3.35. The molecule has 2 aromatic rings. The Labute approximate surface area is 170 Å². The molecule has 2 aromatic carbocycles. The number of aromatic carboxylic acids is 2. The van der Waals surface area contributed by atoms with Crippen LogP contribution < -0.4 is 0 Å². The molecule has 1 aliphatic rings. The van der Waals surface area contributed by atoms with Crippen LogP contribution in [0.25, 0.3) is 5.57 Å². The molecule has 0 heterocycles. The third-order valence-electron chi connectivity index (χ3n) is 5.06. The molecule has 0 amide bonds. The summed E-state index contributed by atoms with van der Waals surface area (Å²) in [7, 11) is 0. The highest BCUT2D eigenvalue weighted by Gasteiger charge is 2.48. The molecule has 0 fully saturated rings. The first-order valence-corrected chi connectivity index (χ1v) is 8.73. The van der Waals surface area contributed by atoms with Crippen LogP contribution in [-0.4, -0.2) is 44.3 Å². The van der Waals surface area contributed by atoms with Crippen molar-refractivity contribution in [3.8, 4) is 0 Å². The van der Waals surface area contributed by atoms with E-state index in [2.05, 4.69) is 0 Å². The van der Waals surface area contributed by atoms with Gasteiger partial charge in [0.05, 0.1) is 11.1 Å². The zero-order valence-corrected chi connectivity index (χ0v) is 15.4. The predicted molar refractivity (Wildman–Crippen MR) is 104 cm³/mol. The van der Waals surface area contributed by atoms with Gasteiger partial charge in [-0.05, 0) is 28.8 Å². The van der Waals surface area contributed by atoms with E-state index >= 15 is 0 Å². The first kappa shape index (κ1) is 20.5. The molecule has 1 aliphatic carbocycles. The summed E-state index contributed by atoms with van der Waals surface area (Å²) < 4.78 is 0. The number of hydrogen-bond donors (Lipinski definition) is 4. The fourth-order valence-electron chi connectivity index (χ4n) is 3.62. The van der Waals surface area contributed by atoms with Crippen molar-refractivity contribution in [2.45, 2.75) is 11.8 Å². The maximum Gasteiger partial charge on any atom is 0.336 e. The Kier molecular flexibility index (Phi) is 5.25. The first-order chi connectivity index (χ1) is 14.2. The predicted octanol–water partition coefficient (Wildman–Crippen LogP) is 2.90. The minimum absolute atomic E-state index is 0.000517. The lowest BCUT2D eigenvalue weighted by Crippen LogP contribution is -2.40. The van der Waals surface area contributed by atoms with Crippen LogP contribution in [0.3, 0.4) is 0 Å². The van der Waals surface area contributed by atoms with E-state index in [1.165, 1.54) is 36.4 Å². The van der Waals surface area contributed by atoms with E-state index in [-0.39, 0.29) is 27.8 Å². The van der Waals surface area contributed by atoms with E-state index in [0.29, 0.717) is 0 Å². The lowest BCUT2D eigenvalue weighted by atomic mass is 9.65. The molecule has 1 atom stereocenters. The number of allylic oxidation sites excluding steroid dienone is 2. The van der Waals surface area contributed by atoms with Gasteiger partial charge in [0.15, 0.2) is 0 Å². The topological polar surface area (TPSA) is 149 Å². The van der Waals surface area contributed by atoms with Crippen molar-refractivity contribution in [1.82, 2.24) is 0 Å². The summed E-state index contributed by atoms with van der Waals surface area (Å²) in [6.45, 7) is 0. The van der Waals surface area contributed by atoms with E-state index in [9.17, 15) is 39.6 Å². The minimum Gasteiger partial charge on any atom is -0.480 e. The third-order valence-corrected chi connectivity index (χ3v) is 5.06. The normalized spacial score (nSPS) is 18.1. The zero-order valence-electron chi connectivity index (χ0n) is 15.4. The highest BCUT2D eigenvalue weighted by molar-refractivity contribution is 6.07. The van der Waals surface area contributed by atoms with E-state index < -0.39 is 41.3 Å². The van der Waals surface area contributed by atoms with Crippen molar-refractivity contribution < 1.29 is 39.6 Å². The number of carboxylic acids is 4. The molecule has 0 bridgehead atoms. The van der Waals surface area contributed by atoms with Crippen LogP contribution in [0.1, 0.15) is 38.3 Å². The van der Waals surface area contributed by atoms with E-state index in [1.54, 1.807) is 18.2 Å². The van der Waals surface area contributed by atoms with Gasteiger partial charge in [-0.3, -0.25) is 4.79 Å². The second-order valence-corrected chi connectivity index (χ2v) is 6.70. The minimum atomic E-state index is -1.88. The zero-order chi connectivity index (χ0) is 22.1. The van der Waals surface area contributed by atoms with Crippen LogP contribution in [0.2, 0.25) is 0 Å². The summed E-state index contributed by atoms with van der Waals surface area (Å²) in [5.74, 6) is -5.41. The molecule has 1 unspecified atom stereocenters. The van der Waals surface area contributed by atoms with Crippen molar-refractivity contribution in [2.75, 3.05) is 0 Å².